The minimum absolute atomic E-state index is 0.145. The predicted molar refractivity (Wildman–Crippen MR) is 109 cm³/mol. The Morgan fingerprint density at radius 2 is 1.83 bits per heavy atom. The largest absolute Gasteiger partial charge is 0.425 e. The number of hydrogen-bond donors (Lipinski definition) is 1. The maximum atomic E-state index is 14.6. The molecule has 1 aromatic heterocycles. The van der Waals surface area contributed by atoms with Crippen LogP contribution in [0.15, 0.2) is 22.6 Å². The summed E-state index contributed by atoms with van der Waals surface area (Å²) in [5.74, 6) is -0.395. The van der Waals surface area contributed by atoms with Crippen LogP contribution in [0, 0.1) is 5.82 Å². The van der Waals surface area contributed by atoms with Gasteiger partial charge in [-0.2, -0.15) is 4.98 Å². The zero-order valence-electron chi connectivity index (χ0n) is 16.7. The Labute approximate surface area is 169 Å². The van der Waals surface area contributed by atoms with Gasteiger partial charge in [0.2, 0.25) is 0 Å². The summed E-state index contributed by atoms with van der Waals surface area (Å²) < 4.78 is 25.6. The van der Waals surface area contributed by atoms with Crippen LogP contribution < -0.4 is 15.1 Å². The molecule has 0 atom stereocenters. The molecule has 2 aromatic rings. The highest BCUT2D eigenvalue weighted by Gasteiger charge is 2.25. The standard InChI is InChI=1S/C21H27FN4O3/c1-28-14-18-19(24-21(29-18)26-11-5-6-12-26)20(27)23-15-7-8-17(16(22)13-15)25-9-3-2-4-10-25/h7-8,13H,2-6,9-12,14H2,1H3,(H,23,27). The molecule has 0 saturated carbocycles. The molecule has 2 aliphatic rings. The SMILES string of the molecule is COCc1oc(N2CCCC2)nc1C(=O)Nc1ccc(N2CCCCC2)c(F)c1. The lowest BCUT2D eigenvalue weighted by atomic mass is 10.1. The Morgan fingerprint density at radius 1 is 1.14 bits per heavy atom. The first-order chi connectivity index (χ1) is 14.2. The maximum absolute atomic E-state index is 14.6. The van der Waals surface area contributed by atoms with E-state index in [9.17, 15) is 9.18 Å². The monoisotopic (exact) mass is 402 g/mol. The number of halogens is 1. The Balaban J connectivity index is 1.50. The quantitative estimate of drug-likeness (QED) is 0.793. The summed E-state index contributed by atoms with van der Waals surface area (Å²) in [4.78, 5) is 21.3. The third-order valence-electron chi connectivity index (χ3n) is 5.46. The van der Waals surface area contributed by atoms with Crippen molar-refractivity contribution in [2.24, 2.45) is 0 Å². The van der Waals surface area contributed by atoms with E-state index < -0.39 is 5.91 Å². The van der Waals surface area contributed by atoms with Crippen molar-refractivity contribution in [3.63, 3.8) is 0 Å². The van der Waals surface area contributed by atoms with Crippen molar-refractivity contribution < 1.29 is 18.3 Å². The van der Waals surface area contributed by atoms with E-state index in [4.69, 9.17) is 9.15 Å². The number of rotatable bonds is 6. The van der Waals surface area contributed by atoms with E-state index in [1.54, 1.807) is 12.1 Å². The lowest BCUT2D eigenvalue weighted by Crippen LogP contribution is -2.30. The second-order valence-electron chi connectivity index (χ2n) is 7.56. The highest BCUT2D eigenvalue weighted by molar-refractivity contribution is 6.03. The highest BCUT2D eigenvalue weighted by atomic mass is 19.1. The molecule has 3 heterocycles. The average molecular weight is 402 g/mol. The van der Waals surface area contributed by atoms with Gasteiger partial charge in [0.05, 0.1) is 5.69 Å². The third-order valence-corrected chi connectivity index (χ3v) is 5.46. The van der Waals surface area contributed by atoms with Crippen LogP contribution in [-0.4, -0.2) is 44.2 Å². The predicted octanol–water partition coefficient (Wildman–Crippen LogP) is 3.80. The van der Waals surface area contributed by atoms with Crippen LogP contribution in [0.1, 0.15) is 48.4 Å². The first-order valence-electron chi connectivity index (χ1n) is 10.2. The van der Waals surface area contributed by atoms with Crippen molar-refractivity contribution in [1.29, 1.82) is 0 Å². The molecule has 0 bridgehead atoms. The number of aromatic nitrogens is 1. The number of carbonyl (C=O) groups is 1. The Morgan fingerprint density at radius 3 is 2.52 bits per heavy atom. The van der Waals surface area contributed by atoms with Crippen molar-refractivity contribution in [1.82, 2.24) is 4.98 Å². The van der Waals surface area contributed by atoms with Gasteiger partial charge in [0.1, 0.15) is 12.4 Å². The topological polar surface area (TPSA) is 70.8 Å². The van der Waals surface area contributed by atoms with Gasteiger partial charge in [0, 0.05) is 39.0 Å². The molecule has 1 amide bonds. The molecule has 8 heteroatoms. The van der Waals surface area contributed by atoms with Crippen LogP contribution in [0.2, 0.25) is 0 Å². The fourth-order valence-corrected chi connectivity index (χ4v) is 3.96. The number of piperidine rings is 1. The number of anilines is 3. The molecule has 2 aliphatic heterocycles. The number of nitrogens with zero attached hydrogens (tertiary/aromatic N) is 3. The number of oxazole rings is 1. The number of amides is 1. The van der Waals surface area contributed by atoms with Crippen LogP contribution in [-0.2, 0) is 11.3 Å². The van der Waals surface area contributed by atoms with Crippen molar-refractivity contribution in [3.05, 3.63) is 35.5 Å². The van der Waals surface area contributed by atoms with Crippen LogP contribution in [0.25, 0.3) is 0 Å². The molecule has 7 nitrogen and oxygen atoms in total. The fraction of sp³-hybridized carbons (Fsp3) is 0.524. The van der Waals surface area contributed by atoms with E-state index >= 15 is 0 Å². The number of ether oxygens (including phenoxy) is 1. The molecular formula is C21H27FN4O3. The molecule has 29 heavy (non-hydrogen) atoms. The van der Waals surface area contributed by atoms with Gasteiger partial charge in [0.25, 0.3) is 11.9 Å². The van der Waals surface area contributed by atoms with Crippen LogP contribution >= 0.6 is 0 Å². The van der Waals surface area contributed by atoms with E-state index in [2.05, 4.69) is 15.2 Å². The van der Waals surface area contributed by atoms with E-state index in [1.807, 2.05) is 4.90 Å². The van der Waals surface area contributed by atoms with Gasteiger partial charge in [-0.25, -0.2) is 4.39 Å². The van der Waals surface area contributed by atoms with Crippen LogP contribution in [0.4, 0.5) is 21.8 Å². The molecule has 156 valence electrons. The zero-order chi connectivity index (χ0) is 20.2. The summed E-state index contributed by atoms with van der Waals surface area (Å²) in [6, 6.07) is 5.25. The molecule has 0 radical (unpaired) electrons. The van der Waals surface area contributed by atoms with Gasteiger partial charge in [-0.15, -0.1) is 0 Å². The maximum Gasteiger partial charge on any atom is 0.298 e. The smallest absolute Gasteiger partial charge is 0.298 e. The average Bonchev–Trinajstić information content (AvgIpc) is 3.39. The first kappa shape index (κ1) is 19.7. The van der Waals surface area contributed by atoms with Crippen molar-refractivity contribution in [2.75, 3.05) is 48.4 Å². The van der Waals surface area contributed by atoms with E-state index in [0.29, 0.717) is 23.1 Å². The minimum atomic E-state index is -0.434. The minimum Gasteiger partial charge on any atom is -0.425 e. The van der Waals surface area contributed by atoms with Gasteiger partial charge >= 0.3 is 0 Å². The Kier molecular flexibility index (Phi) is 5.99. The number of carbonyl (C=O) groups excluding carboxylic acids is 1. The molecule has 1 aromatic carbocycles. The molecular weight excluding hydrogens is 375 g/mol. The van der Waals surface area contributed by atoms with Crippen LogP contribution in [0.3, 0.4) is 0 Å². The molecule has 0 unspecified atom stereocenters. The summed E-state index contributed by atoms with van der Waals surface area (Å²) in [5.41, 5.74) is 1.15. The molecule has 1 N–H and O–H groups in total. The number of benzene rings is 1. The fourth-order valence-electron chi connectivity index (χ4n) is 3.96. The molecule has 0 aliphatic carbocycles. The lowest BCUT2D eigenvalue weighted by molar-refractivity contribution is 0.101. The van der Waals surface area contributed by atoms with Crippen LogP contribution in [0.5, 0.6) is 0 Å². The summed E-state index contributed by atoms with van der Waals surface area (Å²) in [5, 5.41) is 2.74. The molecule has 2 saturated heterocycles. The summed E-state index contributed by atoms with van der Waals surface area (Å²) in [6.07, 6.45) is 5.49. The van der Waals surface area contributed by atoms with Crippen molar-refractivity contribution in [2.45, 2.75) is 38.7 Å². The second-order valence-corrected chi connectivity index (χ2v) is 7.56. The molecule has 4 rings (SSSR count). The zero-order valence-corrected chi connectivity index (χ0v) is 16.7. The van der Waals surface area contributed by atoms with E-state index in [1.165, 1.54) is 19.6 Å². The van der Waals surface area contributed by atoms with E-state index in [-0.39, 0.29) is 18.1 Å². The van der Waals surface area contributed by atoms with Gasteiger partial charge in [-0.05, 0) is 50.3 Å². The van der Waals surface area contributed by atoms with Crippen molar-refractivity contribution in [3.8, 4) is 0 Å². The molecule has 2 fully saturated rings. The summed E-state index contributed by atoms with van der Waals surface area (Å²) >= 11 is 0. The van der Waals surface area contributed by atoms with Crippen molar-refractivity contribution >= 4 is 23.3 Å². The molecule has 0 spiro atoms. The van der Waals surface area contributed by atoms with Gasteiger partial charge in [-0.1, -0.05) is 0 Å². The Bertz CT molecular complexity index is 858. The van der Waals surface area contributed by atoms with E-state index in [0.717, 1.165) is 51.9 Å². The normalized spacial score (nSPS) is 17.0. The first-order valence-corrected chi connectivity index (χ1v) is 10.2. The number of hydrogen-bond acceptors (Lipinski definition) is 6. The summed E-state index contributed by atoms with van der Waals surface area (Å²) in [6.45, 7) is 3.59. The van der Waals surface area contributed by atoms with Gasteiger partial charge in [-0.3, -0.25) is 4.79 Å². The second kappa shape index (κ2) is 8.82. The number of methoxy groups -OCH3 is 1. The summed E-state index contributed by atoms with van der Waals surface area (Å²) in [7, 11) is 1.54. The van der Waals surface area contributed by atoms with Gasteiger partial charge in [0.15, 0.2) is 11.5 Å². The Hall–Kier alpha value is -2.61. The van der Waals surface area contributed by atoms with Gasteiger partial charge < -0.3 is 24.3 Å². The number of nitrogens with one attached hydrogen (secondary N) is 1. The lowest BCUT2D eigenvalue weighted by Gasteiger charge is -2.29. The third kappa shape index (κ3) is 4.37. The highest BCUT2D eigenvalue weighted by Crippen LogP contribution is 2.27.